The Kier molecular flexibility index (Phi) is 11.9. The van der Waals surface area contributed by atoms with Gasteiger partial charge >= 0.3 is 5.97 Å². The number of benzene rings is 2. The fourth-order valence-electron chi connectivity index (χ4n) is 4.40. The number of allylic oxidation sites excluding steroid dienone is 2. The summed E-state index contributed by atoms with van der Waals surface area (Å²) in [4.78, 5) is 38.4. The minimum absolute atomic E-state index is 0.000687. The van der Waals surface area contributed by atoms with E-state index in [-0.39, 0.29) is 37.4 Å². The van der Waals surface area contributed by atoms with Crippen molar-refractivity contribution in [3.8, 4) is 0 Å². The summed E-state index contributed by atoms with van der Waals surface area (Å²) in [7, 11) is 0. The average Bonchev–Trinajstić information content (AvgIpc) is 2.90. The topological polar surface area (TPSA) is 105 Å². The summed E-state index contributed by atoms with van der Waals surface area (Å²) in [6.45, 7) is -0.111. The molecule has 1 heterocycles. The van der Waals surface area contributed by atoms with E-state index in [1.165, 1.54) is 0 Å². The maximum absolute atomic E-state index is 13.3. The third-order valence-corrected chi connectivity index (χ3v) is 6.42. The quantitative estimate of drug-likeness (QED) is 0.376. The van der Waals surface area contributed by atoms with Crippen LogP contribution in [0.1, 0.15) is 49.7 Å². The molecule has 37 heavy (non-hydrogen) atoms. The van der Waals surface area contributed by atoms with Gasteiger partial charge in [-0.1, -0.05) is 72.8 Å². The summed E-state index contributed by atoms with van der Waals surface area (Å²) in [6, 6.07) is 18.5. The van der Waals surface area contributed by atoms with E-state index in [0.29, 0.717) is 25.7 Å². The van der Waals surface area contributed by atoms with E-state index in [0.717, 1.165) is 30.4 Å². The Bertz CT molecular complexity index is 1010. The van der Waals surface area contributed by atoms with Crippen molar-refractivity contribution < 1.29 is 24.2 Å². The lowest BCUT2D eigenvalue weighted by atomic mass is 9.97. The second-order valence-corrected chi connectivity index (χ2v) is 9.57. The van der Waals surface area contributed by atoms with Crippen LogP contribution in [0.25, 0.3) is 0 Å². The second kappa shape index (κ2) is 15.6. The molecule has 7 heteroatoms. The molecule has 0 saturated heterocycles. The smallest absolute Gasteiger partial charge is 0.305 e. The number of aliphatic hydroxyl groups is 1. The van der Waals surface area contributed by atoms with Crippen LogP contribution in [0.3, 0.4) is 0 Å². The number of carbonyl (C=O) groups excluding carboxylic acids is 3. The van der Waals surface area contributed by atoms with Crippen LogP contribution in [0.5, 0.6) is 0 Å². The molecule has 0 aliphatic carbocycles. The number of esters is 1. The van der Waals surface area contributed by atoms with Crippen molar-refractivity contribution in [3.05, 3.63) is 83.9 Å². The van der Waals surface area contributed by atoms with Crippen LogP contribution >= 0.6 is 0 Å². The molecule has 2 amide bonds. The van der Waals surface area contributed by atoms with E-state index >= 15 is 0 Å². The number of ether oxygens (including phenoxy) is 1. The van der Waals surface area contributed by atoms with E-state index in [9.17, 15) is 19.5 Å². The fraction of sp³-hybridized carbons (Fsp3) is 0.433. The Morgan fingerprint density at radius 2 is 1.70 bits per heavy atom. The van der Waals surface area contributed by atoms with Crippen LogP contribution in [0, 0.1) is 5.92 Å². The van der Waals surface area contributed by atoms with Crippen molar-refractivity contribution in [2.24, 2.45) is 5.92 Å². The predicted molar refractivity (Wildman–Crippen MR) is 143 cm³/mol. The van der Waals surface area contributed by atoms with Gasteiger partial charge in [0, 0.05) is 12.8 Å². The van der Waals surface area contributed by atoms with Gasteiger partial charge in [0.2, 0.25) is 11.8 Å². The lowest BCUT2D eigenvalue weighted by Gasteiger charge is -2.23. The summed E-state index contributed by atoms with van der Waals surface area (Å²) >= 11 is 0. The molecule has 0 bridgehead atoms. The highest BCUT2D eigenvalue weighted by Crippen LogP contribution is 2.15. The molecule has 198 valence electrons. The molecular formula is C30H38N2O5. The Morgan fingerprint density at radius 1 is 1.00 bits per heavy atom. The zero-order valence-electron chi connectivity index (χ0n) is 21.3. The van der Waals surface area contributed by atoms with E-state index in [2.05, 4.69) is 10.6 Å². The summed E-state index contributed by atoms with van der Waals surface area (Å²) < 4.78 is 5.48. The summed E-state index contributed by atoms with van der Waals surface area (Å²) in [5.74, 6) is -1.38. The number of rotatable bonds is 8. The first-order valence-corrected chi connectivity index (χ1v) is 13.1. The fourth-order valence-corrected chi connectivity index (χ4v) is 4.40. The van der Waals surface area contributed by atoms with Crippen LogP contribution in [0.15, 0.2) is 72.8 Å². The maximum atomic E-state index is 13.3. The highest BCUT2D eigenvalue weighted by atomic mass is 16.5. The first-order valence-electron chi connectivity index (χ1n) is 13.1. The number of aliphatic hydroxyl groups excluding tert-OH is 1. The SMILES string of the molecule is O=C(C[C@H]1CC=CCCCCC(=O)OC[C@H](Cc2ccccc2)NC1=O)N[C@@H](CO)Cc1ccccc1. The molecule has 7 nitrogen and oxygen atoms in total. The minimum atomic E-state index is -0.579. The largest absolute Gasteiger partial charge is 0.463 e. The number of amides is 2. The highest BCUT2D eigenvalue weighted by Gasteiger charge is 2.25. The van der Waals surface area contributed by atoms with Crippen LogP contribution in [-0.4, -0.2) is 48.2 Å². The van der Waals surface area contributed by atoms with Gasteiger partial charge in [0.25, 0.3) is 0 Å². The second-order valence-electron chi connectivity index (χ2n) is 9.57. The zero-order valence-corrected chi connectivity index (χ0v) is 21.3. The monoisotopic (exact) mass is 506 g/mol. The van der Waals surface area contributed by atoms with Crippen LogP contribution in [0.4, 0.5) is 0 Å². The van der Waals surface area contributed by atoms with E-state index < -0.39 is 18.0 Å². The van der Waals surface area contributed by atoms with Crippen molar-refractivity contribution in [2.75, 3.05) is 13.2 Å². The third kappa shape index (κ3) is 10.6. The predicted octanol–water partition coefficient (Wildman–Crippen LogP) is 3.50. The molecule has 0 aromatic heterocycles. The summed E-state index contributed by atoms with van der Waals surface area (Å²) in [5, 5.41) is 15.7. The lowest BCUT2D eigenvalue weighted by molar-refractivity contribution is -0.145. The van der Waals surface area contributed by atoms with Crippen molar-refractivity contribution in [1.29, 1.82) is 0 Å². The molecule has 0 saturated carbocycles. The molecule has 0 fully saturated rings. The summed E-state index contributed by atoms with van der Waals surface area (Å²) in [5.41, 5.74) is 2.03. The molecule has 0 radical (unpaired) electrons. The van der Waals surface area contributed by atoms with Gasteiger partial charge in [-0.3, -0.25) is 14.4 Å². The molecule has 3 N–H and O–H groups in total. The zero-order chi connectivity index (χ0) is 26.3. The van der Waals surface area contributed by atoms with Gasteiger partial charge < -0.3 is 20.5 Å². The molecule has 3 rings (SSSR count). The van der Waals surface area contributed by atoms with Gasteiger partial charge in [0.05, 0.1) is 24.6 Å². The summed E-state index contributed by atoms with van der Waals surface area (Å²) in [6.07, 6.45) is 8.15. The Morgan fingerprint density at radius 3 is 2.41 bits per heavy atom. The molecule has 1 aliphatic heterocycles. The normalized spacial score (nSPS) is 20.2. The van der Waals surface area contributed by atoms with Gasteiger partial charge in [0.1, 0.15) is 6.61 Å². The number of carbonyl (C=O) groups is 3. The number of nitrogens with one attached hydrogen (secondary N) is 2. The molecular weight excluding hydrogens is 468 g/mol. The van der Waals surface area contributed by atoms with E-state index in [1.807, 2.05) is 72.8 Å². The molecule has 3 atom stereocenters. The molecule has 2 aromatic carbocycles. The van der Waals surface area contributed by atoms with Crippen LogP contribution < -0.4 is 10.6 Å². The Hall–Kier alpha value is -3.45. The minimum Gasteiger partial charge on any atom is -0.463 e. The van der Waals surface area contributed by atoms with Gasteiger partial charge in [-0.05, 0) is 49.7 Å². The molecule has 0 unspecified atom stereocenters. The maximum Gasteiger partial charge on any atom is 0.305 e. The number of hydrogen-bond donors (Lipinski definition) is 3. The number of hydrogen-bond acceptors (Lipinski definition) is 5. The van der Waals surface area contributed by atoms with Gasteiger partial charge in [-0.25, -0.2) is 0 Å². The number of cyclic esters (lactones) is 1. The first-order chi connectivity index (χ1) is 18.0. The Labute approximate surface area is 219 Å². The first kappa shape index (κ1) is 28.1. The van der Waals surface area contributed by atoms with E-state index in [4.69, 9.17) is 4.74 Å². The third-order valence-electron chi connectivity index (χ3n) is 6.42. The van der Waals surface area contributed by atoms with Gasteiger partial charge in [0.15, 0.2) is 0 Å². The van der Waals surface area contributed by atoms with Crippen molar-refractivity contribution in [3.63, 3.8) is 0 Å². The molecule has 0 spiro atoms. The van der Waals surface area contributed by atoms with Gasteiger partial charge in [-0.2, -0.15) is 0 Å². The average molecular weight is 507 g/mol. The molecule has 2 aromatic rings. The molecule has 1 aliphatic rings. The van der Waals surface area contributed by atoms with Crippen molar-refractivity contribution in [2.45, 2.75) is 63.5 Å². The van der Waals surface area contributed by atoms with Crippen LogP contribution in [-0.2, 0) is 32.0 Å². The van der Waals surface area contributed by atoms with Crippen molar-refractivity contribution in [1.82, 2.24) is 10.6 Å². The Balaban J connectivity index is 1.68. The lowest BCUT2D eigenvalue weighted by Crippen LogP contribution is -2.45. The standard InChI is InChI=1S/C30H38N2O5/c33-21-26(18-23-12-6-4-7-13-23)31-28(34)20-25-16-10-2-1-3-11-17-29(35)37-22-27(32-30(25)36)19-24-14-8-5-9-15-24/h2,4-10,12-15,25-27,33H,1,3,11,16-22H2,(H,31,34)(H,32,36)/t25-,26-,27+/m1/s1. The van der Waals surface area contributed by atoms with Gasteiger partial charge in [-0.15, -0.1) is 0 Å². The highest BCUT2D eigenvalue weighted by molar-refractivity contribution is 5.86. The van der Waals surface area contributed by atoms with Crippen LogP contribution in [0.2, 0.25) is 0 Å². The van der Waals surface area contributed by atoms with Crippen molar-refractivity contribution >= 4 is 17.8 Å². The van der Waals surface area contributed by atoms with E-state index in [1.54, 1.807) is 0 Å².